The summed E-state index contributed by atoms with van der Waals surface area (Å²) in [6, 6.07) is 0.117. The number of carboxylic acid groups (broad SMARTS) is 1. The summed E-state index contributed by atoms with van der Waals surface area (Å²) >= 11 is 0. The highest BCUT2D eigenvalue weighted by Crippen LogP contribution is 2.58. The summed E-state index contributed by atoms with van der Waals surface area (Å²) in [5.74, 6) is -1.21. The standard InChI is InChI=1S/C12H21NO3/c1-7(2)12(11(15)16)6-9(12)10(14)13(5)8(3)4/h7-9H,6H2,1-5H3,(H,15,16). The minimum Gasteiger partial charge on any atom is -0.481 e. The van der Waals surface area contributed by atoms with Crippen molar-refractivity contribution in [2.75, 3.05) is 7.05 Å². The third-order valence-electron chi connectivity index (χ3n) is 3.85. The minimum absolute atomic E-state index is 0.000452. The maximum Gasteiger partial charge on any atom is 0.310 e. The molecule has 92 valence electrons. The van der Waals surface area contributed by atoms with Gasteiger partial charge in [0.2, 0.25) is 5.91 Å². The first-order valence-corrected chi connectivity index (χ1v) is 5.75. The predicted octanol–water partition coefficient (Wildman–Crippen LogP) is 1.60. The molecule has 1 N–H and O–H groups in total. The molecular weight excluding hydrogens is 206 g/mol. The van der Waals surface area contributed by atoms with Crippen molar-refractivity contribution in [2.45, 2.75) is 40.2 Å². The highest BCUT2D eigenvalue weighted by Gasteiger charge is 2.66. The van der Waals surface area contributed by atoms with Crippen LogP contribution in [0.25, 0.3) is 0 Å². The smallest absolute Gasteiger partial charge is 0.310 e. The summed E-state index contributed by atoms with van der Waals surface area (Å²) in [6.07, 6.45) is 0.482. The minimum atomic E-state index is -0.835. The Hall–Kier alpha value is -1.06. The molecule has 0 bridgehead atoms. The van der Waals surface area contributed by atoms with E-state index in [0.717, 1.165) is 0 Å². The van der Waals surface area contributed by atoms with Gasteiger partial charge < -0.3 is 10.0 Å². The predicted molar refractivity (Wildman–Crippen MR) is 60.9 cm³/mol. The number of nitrogens with zero attached hydrogens (tertiary/aromatic N) is 1. The van der Waals surface area contributed by atoms with E-state index in [1.807, 2.05) is 27.7 Å². The molecule has 16 heavy (non-hydrogen) atoms. The first-order valence-electron chi connectivity index (χ1n) is 5.75. The van der Waals surface area contributed by atoms with E-state index in [0.29, 0.717) is 6.42 Å². The Bertz CT molecular complexity index is 311. The van der Waals surface area contributed by atoms with Gasteiger partial charge in [-0.25, -0.2) is 0 Å². The van der Waals surface area contributed by atoms with Crippen molar-refractivity contribution < 1.29 is 14.7 Å². The molecule has 1 saturated carbocycles. The molecule has 4 heteroatoms. The van der Waals surface area contributed by atoms with Crippen LogP contribution in [0.5, 0.6) is 0 Å². The molecule has 0 aromatic rings. The molecule has 0 radical (unpaired) electrons. The molecule has 2 unspecified atom stereocenters. The molecule has 2 atom stereocenters. The molecule has 0 spiro atoms. The summed E-state index contributed by atoms with van der Waals surface area (Å²) in [7, 11) is 1.73. The number of carboxylic acids is 1. The van der Waals surface area contributed by atoms with Crippen LogP contribution in [0.4, 0.5) is 0 Å². The molecule has 1 rings (SSSR count). The van der Waals surface area contributed by atoms with E-state index < -0.39 is 11.4 Å². The van der Waals surface area contributed by atoms with Crippen LogP contribution >= 0.6 is 0 Å². The summed E-state index contributed by atoms with van der Waals surface area (Å²) < 4.78 is 0. The van der Waals surface area contributed by atoms with Crippen molar-refractivity contribution in [3.8, 4) is 0 Å². The van der Waals surface area contributed by atoms with Crippen LogP contribution < -0.4 is 0 Å². The van der Waals surface area contributed by atoms with E-state index in [4.69, 9.17) is 0 Å². The van der Waals surface area contributed by atoms with Crippen LogP contribution in [0.2, 0.25) is 0 Å². The number of carbonyl (C=O) groups excluding carboxylic acids is 1. The zero-order valence-corrected chi connectivity index (χ0v) is 10.7. The quantitative estimate of drug-likeness (QED) is 0.793. The van der Waals surface area contributed by atoms with Gasteiger partial charge in [0, 0.05) is 13.1 Å². The summed E-state index contributed by atoms with van der Waals surface area (Å²) in [5.41, 5.74) is -0.819. The topological polar surface area (TPSA) is 57.6 Å². The second-order valence-corrected chi connectivity index (χ2v) is 5.30. The van der Waals surface area contributed by atoms with Crippen molar-refractivity contribution in [1.29, 1.82) is 0 Å². The lowest BCUT2D eigenvalue weighted by atomic mass is 9.89. The fourth-order valence-corrected chi connectivity index (χ4v) is 2.21. The average molecular weight is 227 g/mol. The second kappa shape index (κ2) is 4.07. The number of rotatable bonds is 4. The number of hydrogen-bond acceptors (Lipinski definition) is 2. The van der Waals surface area contributed by atoms with E-state index in [1.165, 1.54) is 0 Å². The van der Waals surface area contributed by atoms with Crippen molar-refractivity contribution in [3.63, 3.8) is 0 Å². The molecular formula is C12H21NO3. The third-order valence-corrected chi connectivity index (χ3v) is 3.85. The fourth-order valence-electron chi connectivity index (χ4n) is 2.21. The van der Waals surface area contributed by atoms with Gasteiger partial charge >= 0.3 is 5.97 Å². The molecule has 0 aromatic heterocycles. The van der Waals surface area contributed by atoms with Gasteiger partial charge in [-0.2, -0.15) is 0 Å². The first-order chi connectivity index (χ1) is 7.25. The Balaban J connectivity index is 2.81. The van der Waals surface area contributed by atoms with E-state index in [-0.39, 0.29) is 23.8 Å². The lowest BCUT2D eigenvalue weighted by molar-refractivity contribution is -0.149. The molecule has 0 saturated heterocycles. The van der Waals surface area contributed by atoms with Crippen LogP contribution in [-0.2, 0) is 9.59 Å². The molecule has 0 heterocycles. The Kier molecular flexibility index (Phi) is 3.31. The number of amides is 1. The highest BCUT2D eigenvalue weighted by molar-refractivity contribution is 5.92. The van der Waals surface area contributed by atoms with Crippen LogP contribution in [0.15, 0.2) is 0 Å². The van der Waals surface area contributed by atoms with E-state index in [9.17, 15) is 14.7 Å². The van der Waals surface area contributed by atoms with E-state index in [2.05, 4.69) is 0 Å². The Labute approximate surface area is 96.6 Å². The van der Waals surface area contributed by atoms with E-state index in [1.54, 1.807) is 11.9 Å². The molecule has 1 aliphatic carbocycles. The fraction of sp³-hybridized carbons (Fsp3) is 0.833. The van der Waals surface area contributed by atoms with Gasteiger partial charge in [0.25, 0.3) is 0 Å². The van der Waals surface area contributed by atoms with Gasteiger partial charge in [-0.15, -0.1) is 0 Å². The Morgan fingerprint density at radius 3 is 2.06 bits per heavy atom. The maximum absolute atomic E-state index is 12.0. The highest BCUT2D eigenvalue weighted by atomic mass is 16.4. The zero-order chi connectivity index (χ0) is 12.7. The van der Waals surface area contributed by atoms with Gasteiger partial charge in [-0.1, -0.05) is 13.8 Å². The maximum atomic E-state index is 12.0. The summed E-state index contributed by atoms with van der Waals surface area (Å²) in [4.78, 5) is 24.9. The SMILES string of the molecule is CC(C)N(C)C(=O)C1CC1(C(=O)O)C(C)C. The van der Waals surface area contributed by atoms with Crippen LogP contribution in [0.3, 0.4) is 0 Å². The molecule has 4 nitrogen and oxygen atoms in total. The number of aliphatic carboxylic acids is 1. The average Bonchev–Trinajstić information content (AvgIpc) is 2.91. The van der Waals surface area contributed by atoms with Crippen LogP contribution in [-0.4, -0.2) is 35.0 Å². The molecule has 1 fully saturated rings. The molecule has 0 aliphatic heterocycles. The number of carbonyl (C=O) groups is 2. The second-order valence-electron chi connectivity index (χ2n) is 5.30. The largest absolute Gasteiger partial charge is 0.481 e. The third kappa shape index (κ3) is 1.81. The molecule has 1 aliphatic rings. The number of hydrogen-bond donors (Lipinski definition) is 1. The van der Waals surface area contributed by atoms with Gasteiger partial charge in [0.05, 0.1) is 11.3 Å². The van der Waals surface area contributed by atoms with Gasteiger partial charge in [-0.3, -0.25) is 9.59 Å². The van der Waals surface area contributed by atoms with E-state index >= 15 is 0 Å². The van der Waals surface area contributed by atoms with Crippen LogP contribution in [0.1, 0.15) is 34.1 Å². The monoisotopic (exact) mass is 227 g/mol. The zero-order valence-electron chi connectivity index (χ0n) is 10.7. The lowest BCUT2D eigenvalue weighted by Gasteiger charge is -2.24. The first kappa shape index (κ1) is 13.0. The van der Waals surface area contributed by atoms with Crippen molar-refractivity contribution >= 4 is 11.9 Å². The molecule has 0 aromatic carbocycles. The van der Waals surface area contributed by atoms with Gasteiger partial charge in [0.15, 0.2) is 0 Å². The van der Waals surface area contributed by atoms with Gasteiger partial charge in [-0.05, 0) is 26.2 Å². The normalized spacial score (nSPS) is 28.3. The van der Waals surface area contributed by atoms with Gasteiger partial charge in [0.1, 0.15) is 0 Å². The lowest BCUT2D eigenvalue weighted by Crippen LogP contribution is -2.37. The Morgan fingerprint density at radius 2 is 1.81 bits per heavy atom. The van der Waals surface area contributed by atoms with Crippen molar-refractivity contribution in [2.24, 2.45) is 17.3 Å². The van der Waals surface area contributed by atoms with Crippen LogP contribution in [0, 0.1) is 17.3 Å². The Morgan fingerprint density at radius 1 is 1.31 bits per heavy atom. The summed E-state index contributed by atoms with van der Waals surface area (Å²) in [5, 5.41) is 9.24. The van der Waals surface area contributed by atoms with Crippen molar-refractivity contribution in [1.82, 2.24) is 4.90 Å². The summed E-state index contributed by atoms with van der Waals surface area (Å²) in [6.45, 7) is 7.60. The molecule has 1 amide bonds. The van der Waals surface area contributed by atoms with Crippen molar-refractivity contribution in [3.05, 3.63) is 0 Å².